The number of carbonyl (C=O) groups excluding carboxylic acids is 1. The molecule has 6 heteroatoms. The van der Waals surface area contributed by atoms with E-state index in [0.717, 1.165) is 30.0 Å². The molecule has 1 fully saturated rings. The lowest BCUT2D eigenvalue weighted by atomic mass is 10.2. The normalized spacial score (nSPS) is 17.9. The number of carbonyl (C=O) groups is 1. The van der Waals surface area contributed by atoms with Crippen LogP contribution in [0.2, 0.25) is 0 Å². The van der Waals surface area contributed by atoms with Gasteiger partial charge in [-0.3, -0.25) is 4.79 Å². The molecule has 1 aromatic heterocycles. The molecule has 2 heterocycles. The smallest absolute Gasteiger partial charge is 0.265 e. The van der Waals surface area contributed by atoms with Crippen LogP contribution in [0.1, 0.15) is 33.1 Å². The highest BCUT2D eigenvalue weighted by Crippen LogP contribution is 2.23. The van der Waals surface area contributed by atoms with Gasteiger partial charge in [0.15, 0.2) is 0 Å². The van der Waals surface area contributed by atoms with Crippen molar-refractivity contribution in [3.05, 3.63) is 51.7 Å². The Balaban J connectivity index is 1.70. The number of benzene rings is 1. The zero-order valence-corrected chi connectivity index (χ0v) is 13.0. The molecule has 2 N–H and O–H groups in total. The van der Waals surface area contributed by atoms with Crippen molar-refractivity contribution in [3.8, 4) is 0 Å². The number of thiazole rings is 1. The van der Waals surface area contributed by atoms with Crippen LogP contribution in [0.25, 0.3) is 0 Å². The molecule has 0 saturated carbocycles. The summed E-state index contributed by atoms with van der Waals surface area (Å²) in [5.41, 5.74) is 6.71. The number of likely N-dealkylation sites (tertiary alicyclic amines) is 1. The van der Waals surface area contributed by atoms with Gasteiger partial charge in [-0.2, -0.15) is 0 Å². The fourth-order valence-electron chi connectivity index (χ4n) is 2.76. The summed E-state index contributed by atoms with van der Waals surface area (Å²) >= 11 is 1.40. The Morgan fingerprint density at radius 2 is 2.18 bits per heavy atom. The molecule has 0 spiro atoms. The standard InChI is InChI=1S/C16H18FN3OS/c17-12-5-3-11(4-6-12)8-15-19-10-14(22-15)16(21)20-7-1-2-13(20)9-18/h3-6,10,13H,1-2,7-9,18H2. The first-order valence-corrected chi connectivity index (χ1v) is 8.19. The molecular formula is C16H18FN3OS. The molecule has 4 nitrogen and oxygen atoms in total. The van der Waals surface area contributed by atoms with Gasteiger partial charge in [-0.1, -0.05) is 12.1 Å². The third-order valence-electron chi connectivity index (χ3n) is 3.94. The number of halogens is 1. The van der Waals surface area contributed by atoms with Gasteiger partial charge in [0.05, 0.1) is 11.2 Å². The molecule has 22 heavy (non-hydrogen) atoms. The topological polar surface area (TPSA) is 59.2 Å². The second-order valence-corrected chi connectivity index (χ2v) is 6.57. The van der Waals surface area contributed by atoms with Crippen molar-refractivity contribution in [2.75, 3.05) is 13.1 Å². The lowest BCUT2D eigenvalue weighted by Gasteiger charge is -2.22. The highest BCUT2D eigenvalue weighted by Gasteiger charge is 2.29. The van der Waals surface area contributed by atoms with Gasteiger partial charge in [0, 0.05) is 25.6 Å². The van der Waals surface area contributed by atoms with Crippen LogP contribution in [0, 0.1) is 5.82 Å². The second kappa shape index (κ2) is 6.54. The van der Waals surface area contributed by atoms with Crippen LogP contribution >= 0.6 is 11.3 Å². The average molecular weight is 319 g/mol. The van der Waals surface area contributed by atoms with E-state index in [1.165, 1.54) is 23.5 Å². The molecule has 116 valence electrons. The second-order valence-electron chi connectivity index (χ2n) is 5.45. The molecule has 1 aliphatic rings. The molecule has 0 radical (unpaired) electrons. The van der Waals surface area contributed by atoms with E-state index < -0.39 is 0 Å². The minimum Gasteiger partial charge on any atom is -0.334 e. The largest absolute Gasteiger partial charge is 0.334 e. The Hall–Kier alpha value is -1.79. The van der Waals surface area contributed by atoms with Crippen molar-refractivity contribution < 1.29 is 9.18 Å². The van der Waals surface area contributed by atoms with Crippen molar-refractivity contribution in [3.63, 3.8) is 0 Å². The average Bonchev–Trinajstić information content (AvgIpc) is 3.17. The fraction of sp³-hybridized carbons (Fsp3) is 0.375. The summed E-state index contributed by atoms with van der Waals surface area (Å²) in [5, 5.41) is 0.860. The first-order valence-electron chi connectivity index (χ1n) is 7.37. The van der Waals surface area contributed by atoms with Crippen molar-refractivity contribution >= 4 is 17.2 Å². The molecule has 1 aromatic carbocycles. The fourth-order valence-corrected chi connectivity index (χ4v) is 3.67. The SMILES string of the molecule is NCC1CCCN1C(=O)c1cnc(Cc2ccc(F)cc2)s1. The van der Waals surface area contributed by atoms with E-state index in [4.69, 9.17) is 5.73 Å². The molecule has 1 saturated heterocycles. The third kappa shape index (κ3) is 3.18. The minimum absolute atomic E-state index is 0.0239. The van der Waals surface area contributed by atoms with Crippen LogP contribution in [0.5, 0.6) is 0 Å². The molecular weight excluding hydrogens is 301 g/mol. The number of amides is 1. The summed E-state index contributed by atoms with van der Waals surface area (Å²) < 4.78 is 12.9. The van der Waals surface area contributed by atoms with Gasteiger partial charge < -0.3 is 10.6 Å². The van der Waals surface area contributed by atoms with E-state index in [1.807, 2.05) is 4.90 Å². The third-order valence-corrected chi connectivity index (χ3v) is 4.93. The Labute approximate surface area is 132 Å². The summed E-state index contributed by atoms with van der Waals surface area (Å²) in [5.74, 6) is -0.226. The van der Waals surface area contributed by atoms with E-state index in [9.17, 15) is 9.18 Å². The van der Waals surface area contributed by atoms with E-state index in [1.54, 1.807) is 18.3 Å². The molecule has 0 bridgehead atoms. The summed E-state index contributed by atoms with van der Waals surface area (Å²) in [7, 11) is 0. The maximum Gasteiger partial charge on any atom is 0.265 e. The van der Waals surface area contributed by atoms with Crippen LogP contribution in [0.15, 0.2) is 30.5 Å². The van der Waals surface area contributed by atoms with Gasteiger partial charge in [0.2, 0.25) is 0 Å². The summed E-state index contributed by atoms with van der Waals surface area (Å²) in [4.78, 5) is 19.3. The van der Waals surface area contributed by atoms with Crippen LogP contribution in [0.4, 0.5) is 4.39 Å². The zero-order chi connectivity index (χ0) is 15.5. The quantitative estimate of drug-likeness (QED) is 0.941. The predicted octanol–water partition coefficient (Wildman–Crippen LogP) is 2.44. The number of nitrogens with zero attached hydrogens (tertiary/aromatic N) is 2. The van der Waals surface area contributed by atoms with Gasteiger partial charge in [-0.05, 0) is 30.5 Å². The first-order chi connectivity index (χ1) is 10.7. The molecule has 1 amide bonds. The minimum atomic E-state index is -0.249. The number of rotatable bonds is 4. The van der Waals surface area contributed by atoms with E-state index in [-0.39, 0.29) is 17.8 Å². The van der Waals surface area contributed by atoms with Gasteiger partial charge >= 0.3 is 0 Å². The predicted molar refractivity (Wildman–Crippen MR) is 84.4 cm³/mol. The zero-order valence-electron chi connectivity index (χ0n) is 12.2. The lowest BCUT2D eigenvalue weighted by Crippen LogP contribution is -2.39. The Bertz CT molecular complexity index is 656. The first kappa shape index (κ1) is 15.1. The molecule has 1 aliphatic heterocycles. The Morgan fingerprint density at radius 1 is 1.41 bits per heavy atom. The summed E-state index contributed by atoms with van der Waals surface area (Å²) in [6.07, 6.45) is 4.23. The highest BCUT2D eigenvalue weighted by atomic mass is 32.1. The molecule has 2 aromatic rings. The lowest BCUT2D eigenvalue weighted by molar-refractivity contribution is 0.0746. The monoisotopic (exact) mass is 319 g/mol. The van der Waals surface area contributed by atoms with Crippen molar-refractivity contribution in [2.24, 2.45) is 5.73 Å². The van der Waals surface area contributed by atoms with Gasteiger partial charge in [-0.15, -0.1) is 11.3 Å². The van der Waals surface area contributed by atoms with Gasteiger partial charge in [0.25, 0.3) is 5.91 Å². The number of aromatic nitrogens is 1. The molecule has 0 aliphatic carbocycles. The van der Waals surface area contributed by atoms with E-state index in [2.05, 4.69) is 4.98 Å². The van der Waals surface area contributed by atoms with Crippen molar-refractivity contribution in [1.29, 1.82) is 0 Å². The maximum atomic E-state index is 12.9. The van der Waals surface area contributed by atoms with Gasteiger partial charge in [0.1, 0.15) is 10.7 Å². The maximum absolute atomic E-state index is 12.9. The molecule has 1 atom stereocenters. The van der Waals surface area contributed by atoms with Crippen LogP contribution in [-0.2, 0) is 6.42 Å². The van der Waals surface area contributed by atoms with E-state index >= 15 is 0 Å². The summed E-state index contributed by atoms with van der Waals surface area (Å²) in [6.45, 7) is 1.28. The highest BCUT2D eigenvalue weighted by molar-refractivity contribution is 7.13. The van der Waals surface area contributed by atoms with Crippen molar-refractivity contribution in [2.45, 2.75) is 25.3 Å². The van der Waals surface area contributed by atoms with Gasteiger partial charge in [-0.25, -0.2) is 9.37 Å². The van der Waals surface area contributed by atoms with Crippen molar-refractivity contribution in [1.82, 2.24) is 9.88 Å². The van der Waals surface area contributed by atoms with Crippen LogP contribution < -0.4 is 5.73 Å². The number of nitrogens with two attached hydrogens (primary N) is 1. The molecule has 3 rings (SSSR count). The summed E-state index contributed by atoms with van der Waals surface area (Å²) in [6, 6.07) is 6.50. The Kier molecular flexibility index (Phi) is 4.49. The van der Waals surface area contributed by atoms with Crippen LogP contribution in [0.3, 0.4) is 0 Å². The molecule has 1 unspecified atom stereocenters. The number of hydrogen-bond donors (Lipinski definition) is 1. The Morgan fingerprint density at radius 3 is 2.91 bits per heavy atom. The number of hydrogen-bond acceptors (Lipinski definition) is 4. The van der Waals surface area contributed by atoms with E-state index in [0.29, 0.717) is 17.8 Å². The van der Waals surface area contributed by atoms with Crippen LogP contribution in [-0.4, -0.2) is 34.9 Å².